The van der Waals surface area contributed by atoms with Crippen molar-refractivity contribution in [3.05, 3.63) is 47.6 Å². The van der Waals surface area contributed by atoms with Gasteiger partial charge in [0.05, 0.1) is 0 Å². The molecular weight excluding hydrogens is 258 g/mol. The fourth-order valence-corrected chi connectivity index (χ4v) is 1.57. The molecule has 6 heteroatoms. The van der Waals surface area contributed by atoms with Crippen LogP contribution in [0.25, 0.3) is 0 Å². The van der Waals surface area contributed by atoms with Gasteiger partial charge in [0.2, 0.25) is 5.89 Å². The van der Waals surface area contributed by atoms with Crippen molar-refractivity contribution in [1.82, 2.24) is 15.5 Å². The lowest BCUT2D eigenvalue weighted by molar-refractivity contribution is 0.0953. The van der Waals surface area contributed by atoms with E-state index in [2.05, 4.69) is 27.3 Å². The highest BCUT2D eigenvalue weighted by molar-refractivity contribution is 5.94. The number of aliphatic hydroxyl groups excluding tert-OH is 1. The van der Waals surface area contributed by atoms with Crippen molar-refractivity contribution < 1.29 is 14.4 Å². The van der Waals surface area contributed by atoms with E-state index in [9.17, 15) is 4.79 Å². The summed E-state index contributed by atoms with van der Waals surface area (Å²) in [6.45, 7) is 0.203. The SMILES string of the molecule is O=C(NCCc1ncno1)c1cccc(C#CCO)c1. The number of carbonyl (C=O) groups is 1. The number of hydrogen-bond acceptors (Lipinski definition) is 5. The van der Waals surface area contributed by atoms with Gasteiger partial charge in [0.15, 0.2) is 6.33 Å². The lowest BCUT2D eigenvalue weighted by Gasteiger charge is -2.03. The zero-order chi connectivity index (χ0) is 14.2. The minimum atomic E-state index is -0.208. The van der Waals surface area contributed by atoms with Gasteiger partial charge < -0.3 is 14.9 Å². The standard InChI is InChI=1S/C14H13N3O3/c18-8-2-4-11-3-1-5-12(9-11)14(19)15-7-6-13-16-10-17-20-13/h1,3,5,9-10,18H,6-8H2,(H,15,19). The Morgan fingerprint density at radius 3 is 3.10 bits per heavy atom. The third-order valence-electron chi connectivity index (χ3n) is 2.47. The van der Waals surface area contributed by atoms with Crippen molar-refractivity contribution in [2.75, 3.05) is 13.2 Å². The van der Waals surface area contributed by atoms with Crippen LogP contribution in [0.15, 0.2) is 35.1 Å². The molecule has 0 atom stereocenters. The van der Waals surface area contributed by atoms with Gasteiger partial charge in [-0.2, -0.15) is 4.98 Å². The van der Waals surface area contributed by atoms with Crippen molar-refractivity contribution >= 4 is 5.91 Å². The van der Waals surface area contributed by atoms with E-state index in [1.807, 2.05) is 0 Å². The Hall–Kier alpha value is -2.65. The van der Waals surface area contributed by atoms with Gasteiger partial charge in [0, 0.05) is 24.1 Å². The van der Waals surface area contributed by atoms with E-state index in [1.54, 1.807) is 24.3 Å². The number of nitrogens with one attached hydrogen (secondary N) is 1. The molecule has 6 nitrogen and oxygen atoms in total. The highest BCUT2D eigenvalue weighted by Gasteiger charge is 2.06. The van der Waals surface area contributed by atoms with Crippen molar-refractivity contribution in [2.45, 2.75) is 6.42 Å². The first-order chi connectivity index (χ1) is 9.79. The average Bonchev–Trinajstić information content (AvgIpc) is 2.98. The highest BCUT2D eigenvalue weighted by Crippen LogP contribution is 2.04. The fraction of sp³-hybridized carbons (Fsp3) is 0.214. The number of aliphatic hydroxyl groups is 1. The maximum Gasteiger partial charge on any atom is 0.251 e. The number of aromatic nitrogens is 2. The number of benzene rings is 1. The third-order valence-corrected chi connectivity index (χ3v) is 2.47. The molecule has 0 aliphatic heterocycles. The topological polar surface area (TPSA) is 88.3 Å². The molecule has 0 aliphatic rings. The quantitative estimate of drug-likeness (QED) is 0.785. The molecule has 102 valence electrons. The smallest absolute Gasteiger partial charge is 0.251 e. The van der Waals surface area contributed by atoms with E-state index in [4.69, 9.17) is 9.63 Å². The van der Waals surface area contributed by atoms with Crippen LogP contribution in [-0.4, -0.2) is 34.3 Å². The molecule has 1 heterocycles. The lowest BCUT2D eigenvalue weighted by Crippen LogP contribution is -2.25. The molecule has 1 aromatic carbocycles. The van der Waals surface area contributed by atoms with Crippen molar-refractivity contribution in [1.29, 1.82) is 0 Å². The molecular formula is C14H13N3O3. The van der Waals surface area contributed by atoms with Crippen LogP contribution in [0.5, 0.6) is 0 Å². The van der Waals surface area contributed by atoms with Crippen LogP contribution in [-0.2, 0) is 6.42 Å². The minimum absolute atomic E-state index is 0.197. The van der Waals surface area contributed by atoms with Crippen LogP contribution in [0.4, 0.5) is 0 Å². The lowest BCUT2D eigenvalue weighted by atomic mass is 10.1. The molecule has 0 fully saturated rings. The maximum absolute atomic E-state index is 11.9. The number of rotatable bonds is 4. The second kappa shape index (κ2) is 7.07. The first-order valence-electron chi connectivity index (χ1n) is 6.03. The summed E-state index contributed by atoms with van der Waals surface area (Å²) in [6.07, 6.45) is 1.80. The average molecular weight is 271 g/mol. The molecule has 0 saturated carbocycles. The molecule has 0 bridgehead atoms. The monoisotopic (exact) mass is 271 g/mol. The van der Waals surface area contributed by atoms with Gasteiger partial charge >= 0.3 is 0 Å². The Kier molecular flexibility index (Phi) is 4.87. The second-order valence-corrected chi connectivity index (χ2v) is 3.88. The molecule has 1 amide bonds. The summed E-state index contributed by atoms with van der Waals surface area (Å²) in [7, 11) is 0. The summed E-state index contributed by atoms with van der Waals surface area (Å²) < 4.78 is 4.83. The molecule has 1 aromatic heterocycles. The van der Waals surface area contributed by atoms with Crippen LogP contribution < -0.4 is 5.32 Å². The van der Waals surface area contributed by atoms with E-state index in [-0.39, 0.29) is 12.5 Å². The second-order valence-electron chi connectivity index (χ2n) is 3.88. The van der Waals surface area contributed by atoms with E-state index in [0.29, 0.717) is 30.0 Å². The molecule has 2 N–H and O–H groups in total. The van der Waals surface area contributed by atoms with E-state index >= 15 is 0 Å². The van der Waals surface area contributed by atoms with Crippen LogP contribution in [0.2, 0.25) is 0 Å². The van der Waals surface area contributed by atoms with Gasteiger partial charge in [-0.3, -0.25) is 4.79 Å². The molecule has 20 heavy (non-hydrogen) atoms. The fourth-order valence-electron chi connectivity index (χ4n) is 1.57. The molecule has 0 aliphatic carbocycles. The summed E-state index contributed by atoms with van der Waals surface area (Å²) in [5.41, 5.74) is 1.20. The number of amides is 1. The third kappa shape index (κ3) is 3.93. The van der Waals surface area contributed by atoms with Crippen LogP contribution >= 0.6 is 0 Å². The Morgan fingerprint density at radius 1 is 1.45 bits per heavy atom. The Balaban J connectivity index is 1.91. The van der Waals surface area contributed by atoms with E-state index in [0.717, 1.165) is 0 Å². The highest BCUT2D eigenvalue weighted by atomic mass is 16.5. The van der Waals surface area contributed by atoms with Crippen LogP contribution in [0, 0.1) is 11.8 Å². The van der Waals surface area contributed by atoms with E-state index in [1.165, 1.54) is 6.33 Å². The summed E-state index contributed by atoms with van der Waals surface area (Å²) in [4.78, 5) is 15.8. The summed E-state index contributed by atoms with van der Waals surface area (Å²) in [5, 5.41) is 14.9. The number of carbonyl (C=O) groups excluding carboxylic acids is 1. The van der Waals surface area contributed by atoms with Gasteiger partial charge in [-0.05, 0) is 18.2 Å². The van der Waals surface area contributed by atoms with Gasteiger partial charge in [-0.25, -0.2) is 0 Å². The maximum atomic E-state index is 11.9. The van der Waals surface area contributed by atoms with Crippen LogP contribution in [0.3, 0.4) is 0 Å². The molecule has 0 spiro atoms. The van der Waals surface area contributed by atoms with Gasteiger partial charge in [0.1, 0.15) is 6.61 Å². The predicted octanol–water partition coefficient (Wildman–Crippen LogP) is 0.386. The molecule has 0 unspecified atom stereocenters. The number of hydrogen-bond donors (Lipinski definition) is 2. The zero-order valence-electron chi connectivity index (χ0n) is 10.7. The summed E-state index contributed by atoms with van der Waals surface area (Å²) >= 11 is 0. The van der Waals surface area contributed by atoms with Gasteiger partial charge in [-0.15, -0.1) is 0 Å². The Morgan fingerprint density at radius 2 is 2.35 bits per heavy atom. The predicted molar refractivity (Wildman–Crippen MR) is 70.7 cm³/mol. The number of nitrogens with zero attached hydrogens (tertiary/aromatic N) is 2. The Labute approximate surface area is 115 Å². The van der Waals surface area contributed by atoms with E-state index < -0.39 is 0 Å². The van der Waals surface area contributed by atoms with Gasteiger partial charge in [-0.1, -0.05) is 23.1 Å². The molecule has 0 radical (unpaired) electrons. The first-order valence-corrected chi connectivity index (χ1v) is 6.03. The summed E-state index contributed by atoms with van der Waals surface area (Å²) in [5.74, 6) is 5.58. The molecule has 2 rings (SSSR count). The largest absolute Gasteiger partial charge is 0.384 e. The normalized spacial score (nSPS) is 9.65. The first kappa shape index (κ1) is 13.8. The zero-order valence-corrected chi connectivity index (χ0v) is 10.7. The van der Waals surface area contributed by atoms with Crippen molar-refractivity contribution in [3.63, 3.8) is 0 Å². The minimum Gasteiger partial charge on any atom is -0.384 e. The van der Waals surface area contributed by atoms with Crippen molar-refractivity contribution in [3.8, 4) is 11.8 Å². The molecule has 0 saturated heterocycles. The van der Waals surface area contributed by atoms with Gasteiger partial charge in [0.25, 0.3) is 5.91 Å². The Bertz CT molecular complexity index is 627. The molecule has 2 aromatic rings. The van der Waals surface area contributed by atoms with Crippen LogP contribution in [0.1, 0.15) is 21.8 Å². The van der Waals surface area contributed by atoms with Crippen molar-refractivity contribution in [2.24, 2.45) is 0 Å². The summed E-state index contributed by atoms with van der Waals surface area (Å²) in [6, 6.07) is 6.89.